The summed E-state index contributed by atoms with van der Waals surface area (Å²) >= 11 is 0. The van der Waals surface area contributed by atoms with Crippen molar-refractivity contribution in [3.8, 4) is 11.8 Å². The Labute approximate surface area is 216 Å². The summed E-state index contributed by atoms with van der Waals surface area (Å²) in [5.74, 6) is -0.277. The van der Waals surface area contributed by atoms with Crippen LogP contribution < -0.4 is 15.2 Å². The van der Waals surface area contributed by atoms with Crippen LogP contribution >= 0.6 is 7.60 Å². The van der Waals surface area contributed by atoms with Gasteiger partial charge in [0.1, 0.15) is 13.2 Å². The highest BCUT2D eigenvalue weighted by Crippen LogP contribution is 2.48. The van der Waals surface area contributed by atoms with Crippen molar-refractivity contribution in [3.63, 3.8) is 0 Å². The third kappa shape index (κ3) is 15.0. The van der Waals surface area contributed by atoms with Gasteiger partial charge in [0, 0.05) is 25.7 Å². The summed E-state index contributed by atoms with van der Waals surface area (Å²) in [6.07, 6.45) is 0.338. The summed E-state index contributed by atoms with van der Waals surface area (Å²) in [6.45, 7) is 6.49. The first-order valence-electron chi connectivity index (χ1n) is 11.5. The number of carbonyl (C=O) groups is 2. The summed E-state index contributed by atoms with van der Waals surface area (Å²) in [5.41, 5.74) is 6.06. The molecule has 0 saturated carbocycles. The first-order valence-corrected chi connectivity index (χ1v) is 13.2. The lowest BCUT2D eigenvalue weighted by Crippen LogP contribution is -2.15. The van der Waals surface area contributed by atoms with Crippen molar-refractivity contribution >= 4 is 25.7 Å². The van der Waals surface area contributed by atoms with Crippen molar-refractivity contribution in [2.75, 3.05) is 58.8 Å². The average Bonchev–Trinajstić information content (AvgIpc) is 2.82. The fourth-order valence-electron chi connectivity index (χ4n) is 2.39. The van der Waals surface area contributed by atoms with Crippen LogP contribution in [0.2, 0.25) is 0 Å². The maximum Gasteiger partial charge on any atom is 0.510 e. The molecule has 1 aromatic rings. The molecule has 2 N–H and O–H groups in total. The van der Waals surface area contributed by atoms with E-state index in [1.165, 1.54) is 26.2 Å². The molecule has 0 saturated heterocycles. The van der Waals surface area contributed by atoms with Crippen LogP contribution in [0.3, 0.4) is 0 Å². The molecule has 0 aliphatic carbocycles. The van der Waals surface area contributed by atoms with E-state index in [2.05, 4.69) is 9.97 Å². The van der Waals surface area contributed by atoms with E-state index in [0.29, 0.717) is 25.2 Å². The number of anilines is 1. The van der Waals surface area contributed by atoms with Crippen LogP contribution in [0.15, 0.2) is 17.7 Å². The Bertz CT molecular complexity index is 927. The lowest BCUT2D eigenvalue weighted by atomic mass is 10.3. The summed E-state index contributed by atoms with van der Waals surface area (Å²) in [5, 5.41) is 0. The molecule has 1 atom stereocenters. The van der Waals surface area contributed by atoms with Gasteiger partial charge in [-0.25, -0.2) is 4.79 Å². The SMILES string of the molecule is CCOCCCOP(=O)(C/C=C(\COC(C)=O)COc1cc(OC)nc(N)n1)OCOC(=O)OC(C)C. The van der Waals surface area contributed by atoms with E-state index >= 15 is 0 Å². The number of ether oxygens (including phenoxy) is 6. The number of nitrogens with two attached hydrogens (primary N) is 1. The molecule has 1 heterocycles. The van der Waals surface area contributed by atoms with E-state index in [-0.39, 0.29) is 43.7 Å². The molecular formula is C22H36N3O11P. The average molecular weight is 550 g/mol. The summed E-state index contributed by atoms with van der Waals surface area (Å²) in [6, 6.07) is 1.42. The molecule has 0 aromatic carbocycles. The Morgan fingerprint density at radius 2 is 1.84 bits per heavy atom. The third-order valence-corrected chi connectivity index (χ3v) is 5.76. The van der Waals surface area contributed by atoms with Gasteiger partial charge in [-0.05, 0) is 27.2 Å². The highest BCUT2D eigenvalue weighted by Gasteiger charge is 2.25. The standard InChI is InChI=1S/C22H36N3O11P/c1-6-30-9-7-10-34-37(28,35-15-33-22(27)36-16(2)3)11-8-18(13-31-17(4)26)14-32-20-12-19(29-5)24-21(23)25-20/h8,12,16H,6-7,9-11,13-15H2,1-5H3,(H2,23,24,25)/b18-8+. The quantitative estimate of drug-likeness (QED) is 0.0928. The van der Waals surface area contributed by atoms with E-state index in [9.17, 15) is 14.2 Å². The topological polar surface area (TPSA) is 177 Å². The second-order valence-electron chi connectivity index (χ2n) is 7.52. The molecule has 0 fully saturated rings. The van der Waals surface area contributed by atoms with Crippen molar-refractivity contribution in [2.45, 2.75) is 40.2 Å². The van der Waals surface area contributed by atoms with Gasteiger partial charge in [-0.15, -0.1) is 0 Å². The van der Waals surface area contributed by atoms with Gasteiger partial charge < -0.3 is 38.7 Å². The molecular weight excluding hydrogens is 513 g/mol. The zero-order chi connectivity index (χ0) is 27.7. The molecule has 0 amide bonds. The summed E-state index contributed by atoms with van der Waals surface area (Å²) < 4.78 is 54.7. The van der Waals surface area contributed by atoms with Gasteiger partial charge in [-0.3, -0.25) is 13.9 Å². The number of hydrogen-bond acceptors (Lipinski definition) is 14. The number of hydrogen-bond donors (Lipinski definition) is 1. The minimum absolute atomic E-state index is 0.0609. The Hall–Kier alpha value is -2.93. The first-order chi connectivity index (χ1) is 17.6. The lowest BCUT2D eigenvalue weighted by Gasteiger charge is -2.18. The molecule has 0 spiro atoms. The van der Waals surface area contributed by atoms with Crippen LogP contribution in [-0.2, 0) is 37.4 Å². The number of nitrogens with zero attached hydrogens (tertiary/aromatic N) is 2. The lowest BCUT2D eigenvalue weighted by molar-refractivity contribution is -0.140. The number of rotatable bonds is 18. The molecule has 14 nitrogen and oxygen atoms in total. The molecule has 210 valence electrons. The molecule has 0 aliphatic rings. The van der Waals surface area contributed by atoms with Crippen molar-refractivity contribution < 1.29 is 51.6 Å². The van der Waals surface area contributed by atoms with E-state index in [1.807, 2.05) is 6.92 Å². The van der Waals surface area contributed by atoms with Gasteiger partial charge in [0.15, 0.2) is 0 Å². The Balaban J connectivity index is 2.93. The molecule has 1 unspecified atom stereocenters. The number of methoxy groups -OCH3 is 1. The van der Waals surface area contributed by atoms with Gasteiger partial charge in [-0.1, -0.05) is 6.08 Å². The molecule has 1 rings (SSSR count). The predicted molar refractivity (Wildman–Crippen MR) is 131 cm³/mol. The first kappa shape index (κ1) is 32.1. The van der Waals surface area contributed by atoms with Gasteiger partial charge in [0.25, 0.3) is 0 Å². The highest BCUT2D eigenvalue weighted by atomic mass is 31.2. The van der Waals surface area contributed by atoms with E-state index < -0.39 is 32.6 Å². The smallest absolute Gasteiger partial charge is 0.481 e. The molecule has 0 bridgehead atoms. The summed E-state index contributed by atoms with van der Waals surface area (Å²) in [7, 11) is -2.39. The van der Waals surface area contributed by atoms with Crippen LogP contribution in [0, 0.1) is 0 Å². The predicted octanol–water partition coefficient (Wildman–Crippen LogP) is 3.11. The molecule has 0 radical (unpaired) electrons. The Morgan fingerprint density at radius 3 is 2.49 bits per heavy atom. The van der Waals surface area contributed by atoms with Crippen molar-refractivity contribution in [1.82, 2.24) is 9.97 Å². The number of carbonyl (C=O) groups excluding carboxylic acids is 2. The molecule has 0 aliphatic heterocycles. The van der Waals surface area contributed by atoms with Crippen LogP contribution in [0.4, 0.5) is 10.7 Å². The van der Waals surface area contributed by atoms with Crippen LogP contribution in [-0.4, -0.2) is 81.3 Å². The number of nitrogen functional groups attached to an aromatic ring is 1. The van der Waals surface area contributed by atoms with Crippen LogP contribution in [0.1, 0.15) is 34.1 Å². The molecule has 37 heavy (non-hydrogen) atoms. The van der Waals surface area contributed by atoms with Crippen molar-refractivity contribution in [1.29, 1.82) is 0 Å². The van der Waals surface area contributed by atoms with Gasteiger partial charge >= 0.3 is 19.7 Å². The zero-order valence-electron chi connectivity index (χ0n) is 21.8. The van der Waals surface area contributed by atoms with E-state index in [1.54, 1.807) is 13.8 Å². The maximum absolute atomic E-state index is 13.3. The molecule has 1 aromatic heterocycles. The zero-order valence-corrected chi connectivity index (χ0v) is 22.7. The van der Waals surface area contributed by atoms with E-state index in [4.69, 9.17) is 43.2 Å². The second-order valence-corrected chi connectivity index (χ2v) is 9.63. The minimum atomic E-state index is -3.80. The summed E-state index contributed by atoms with van der Waals surface area (Å²) in [4.78, 5) is 30.8. The maximum atomic E-state index is 13.3. The van der Waals surface area contributed by atoms with Gasteiger partial charge in [0.05, 0.1) is 32.0 Å². The van der Waals surface area contributed by atoms with E-state index in [0.717, 1.165) is 0 Å². The number of allylic oxidation sites excluding steroid dienone is 1. The van der Waals surface area contributed by atoms with Crippen molar-refractivity contribution in [3.05, 3.63) is 17.7 Å². The van der Waals surface area contributed by atoms with Crippen LogP contribution in [0.25, 0.3) is 0 Å². The Kier molecular flexibility index (Phi) is 15.2. The van der Waals surface area contributed by atoms with Gasteiger partial charge in [0.2, 0.25) is 24.5 Å². The number of aromatic nitrogens is 2. The minimum Gasteiger partial charge on any atom is -0.481 e. The normalized spacial score (nSPS) is 13.1. The number of esters is 1. The Morgan fingerprint density at radius 1 is 1.11 bits per heavy atom. The van der Waals surface area contributed by atoms with Crippen LogP contribution in [0.5, 0.6) is 11.8 Å². The monoisotopic (exact) mass is 549 g/mol. The van der Waals surface area contributed by atoms with Crippen molar-refractivity contribution in [2.24, 2.45) is 0 Å². The second kappa shape index (κ2) is 17.5. The fourth-order valence-corrected chi connectivity index (χ4v) is 3.78. The third-order valence-electron chi connectivity index (χ3n) is 4.06. The highest BCUT2D eigenvalue weighted by molar-refractivity contribution is 7.54. The fraction of sp³-hybridized carbons (Fsp3) is 0.636. The molecule has 15 heteroatoms. The van der Waals surface area contributed by atoms with Gasteiger partial charge in [-0.2, -0.15) is 9.97 Å². The largest absolute Gasteiger partial charge is 0.510 e.